The highest BCUT2D eigenvalue weighted by molar-refractivity contribution is 5.15. The normalized spacial score (nSPS) is 27.6. The third kappa shape index (κ3) is 10.1. The fourth-order valence-corrected chi connectivity index (χ4v) is 2.19. The molecule has 0 amide bonds. The van der Waals surface area contributed by atoms with Crippen LogP contribution in [-0.4, -0.2) is 0 Å². The topological polar surface area (TPSA) is 0 Å². The maximum Gasteiger partial charge on any atom is -0.0348 e. The van der Waals surface area contributed by atoms with Gasteiger partial charge in [0.05, 0.1) is 0 Å². The average molecular weight is 244 g/mol. The Hall–Kier alpha value is -1.04. The molecule has 0 aliphatic heterocycles. The SMILES string of the molecule is C1=C\C=C\CCCCCCCCCC/C=C/C=C/1. The molecule has 0 saturated heterocycles. The first-order valence-corrected chi connectivity index (χ1v) is 7.65. The molecule has 18 heavy (non-hydrogen) atoms. The molecule has 0 aromatic rings. The minimum atomic E-state index is 1.23. The lowest BCUT2D eigenvalue weighted by atomic mass is 10.1. The van der Waals surface area contributed by atoms with Gasteiger partial charge in [0.2, 0.25) is 0 Å². The van der Waals surface area contributed by atoms with Gasteiger partial charge in [0.25, 0.3) is 0 Å². The predicted molar refractivity (Wildman–Crippen MR) is 82.7 cm³/mol. The second kappa shape index (κ2) is 12.4. The highest BCUT2D eigenvalue weighted by Crippen LogP contribution is 2.11. The Kier molecular flexibility index (Phi) is 10.4. The van der Waals surface area contributed by atoms with Crippen molar-refractivity contribution in [2.75, 3.05) is 0 Å². The van der Waals surface area contributed by atoms with Crippen molar-refractivity contribution in [2.24, 2.45) is 0 Å². The van der Waals surface area contributed by atoms with Crippen LogP contribution < -0.4 is 0 Å². The summed E-state index contributed by atoms with van der Waals surface area (Å²) >= 11 is 0. The molecular weight excluding hydrogens is 216 g/mol. The molecule has 0 aromatic carbocycles. The van der Waals surface area contributed by atoms with Gasteiger partial charge in [-0.05, 0) is 25.7 Å². The lowest BCUT2D eigenvalue weighted by Crippen LogP contribution is -1.81. The van der Waals surface area contributed by atoms with Crippen LogP contribution in [0.5, 0.6) is 0 Å². The lowest BCUT2D eigenvalue weighted by Gasteiger charge is -2.00. The van der Waals surface area contributed by atoms with E-state index >= 15 is 0 Å². The van der Waals surface area contributed by atoms with Gasteiger partial charge < -0.3 is 0 Å². The number of hydrogen-bond acceptors (Lipinski definition) is 0. The molecule has 1 aliphatic rings. The number of allylic oxidation sites excluding steroid dienone is 8. The summed E-state index contributed by atoms with van der Waals surface area (Å²) in [5.74, 6) is 0. The molecule has 0 spiro atoms. The summed E-state index contributed by atoms with van der Waals surface area (Å²) in [6.45, 7) is 0. The van der Waals surface area contributed by atoms with E-state index in [4.69, 9.17) is 0 Å². The molecule has 100 valence electrons. The summed E-state index contributed by atoms with van der Waals surface area (Å²) in [6.07, 6.45) is 31.0. The molecule has 1 aliphatic carbocycles. The van der Waals surface area contributed by atoms with Gasteiger partial charge in [-0.2, -0.15) is 0 Å². The summed E-state index contributed by atoms with van der Waals surface area (Å²) in [5.41, 5.74) is 0. The molecular formula is C18H28. The molecule has 0 saturated carbocycles. The Morgan fingerprint density at radius 3 is 1.11 bits per heavy atom. The smallest absolute Gasteiger partial charge is 0.0348 e. The van der Waals surface area contributed by atoms with Crippen LogP contribution in [0.1, 0.15) is 64.2 Å². The van der Waals surface area contributed by atoms with Crippen molar-refractivity contribution in [3.05, 3.63) is 48.6 Å². The van der Waals surface area contributed by atoms with E-state index in [0.29, 0.717) is 0 Å². The van der Waals surface area contributed by atoms with Crippen LogP contribution in [0.2, 0.25) is 0 Å². The van der Waals surface area contributed by atoms with Crippen molar-refractivity contribution in [1.29, 1.82) is 0 Å². The molecule has 0 radical (unpaired) electrons. The van der Waals surface area contributed by atoms with Gasteiger partial charge in [0.15, 0.2) is 0 Å². The molecule has 0 fully saturated rings. The molecule has 0 atom stereocenters. The zero-order valence-corrected chi connectivity index (χ0v) is 11.7. The predicted octanol–water partition coefficient (Wildman–Crippen LogP) is 6.13. The molecule has 0 heterocycles. The first-order valence-electron chi connectivity index (χ1n) is 7.65. The highest BCUT2D eigenvalue weighted by atomic mass is 14.0. The van der Waals surface area contributed by atoms with Crippen molar-refractivity contribution in [1.82, 2.24) is 0 Å². The van der Waals surface area contributed by atoms with Crippen molar-refractivity contribution < 1.29 is 0 Å². The summed E-state index contributed by atoms with van der Waals surface area (Å²) in [4.78, 5) is 0. The number of hydrogen-bond donors (Lipinski definition) is 0. The van der Waals surface area contributed by atoms with Crippen molar-refractivity contribution in [2.45, 2.75) is 64.2 Å². The van der Waals surface area contributed by atoms with Crippen LogP contribution in [-0.2, 0) is 0 Å². The third-order valence-electron chi connectivity index (χ3n) is 3.32. The van der Waals surface area contributed by atoms with Gasteiger partial charge in [-0.1, -0.05) is 87.1 Å². The number of rotatable bonds is 0. The van der Waals surface area contributed by atoms with E-state index in [9.17, 15) is 0 Å². The molecule has 0 N–H and O–H groups in total. The fraction of sp³-hybridized carbons (Fsp3) is 0.556. The monoisotopic (exact) mass is 244 g/mol. The maximum atomic E-state index is 2.28. The standard InChI is InChI=1S/C18H28/c1-2-4-6-8-10-12-14-16-18-17-15-13-11-9-7-5-3-1/h1-8H,9-18H2/b3-1-,4-2+,7-5+,8-6+. The molecule has 0 aromatic heterocycles. The first-order chi connectivity index (χ1) is 9.00. The minimum Gasteiger partial charge on any atom is -0.0845 e. The fourth-order valence-electron chi connectivity index (χ4n) is 2.19. The van der Waals surface area contributed by atoms with E-state index in [2.05, 4.69) is 48.6 Å². The quantitative estimate of drug-likeness (QED) is 0.481. The molecule has 0 bridgehead atoms. The van der Waals surface area contributed by atoms with Crippen LogP contribution in [0.4, 0.5) is 0 Å². The van der Waals surface area contributed by atoms with Crippen LogP contribution in [0.3, 0.4) is 0 Å². The first kappa shape index (κ1) is 15.0. The molecule has 0 nitrogen and oxygen atoms in total. The summed E-state index contributed by atoms with van der Waals surface area (Å²) in [5, 5.41) is 0. The second-order valence-corrected chi connectivity index (χ2v) is 5.03. The van der Waals surface area contributed by atoms with E-state index in [-0.39, 0.29) is 0 Å². The highest BCUT2D eigenvalue weighted by Gasteiger charge is 1.91. The summed E-state index contributed by atoms with van der Waals surface area (Å²) in [6, 6.07) is 0. The molecule has 0 unspecified atom stereocenters. The van der Waals surface area contributed by atoms with Crippen molar-refractivity contribution >= 4 is 0 Å². The Bertz CT molecular complexity index is 248. The summed E-state index contributed by atoms with van der Waals surface area (Å²) < 4.78 is 0. The van der Waals surface area contributed by atoms with Crippen LogP contribution in [0.15, 0.2) is 48.6 Å². The van der Waals surface area contributed by atoms with E-state index < -0.39 is 0 Å². The Balaban J connectivity index is 2.27. The van der Waals surface area contributed by atoms with Gasteiger partial charge in [-0.3, -0.25) is 0 Å². The van der Waals surface area contributed by atoms with Gasteiger partial charge >= 0.3 is 0 Å². The van der Waals surface area contributed by atoms with E-state index in [1.54, 1.807) is 0 Å². The third-order valence-corrected chi connectivity index (χ3v) is 3.32. The molecule has 0 heteroatoms. The van der Waals surface area contributed by atoms with Crippen molar-refractivity contribution in [3.63, 3.8) is 0 Å². The molecule has 1 rings (SSSR count). The zero-order chi connectivity index (χ0) is 12.7. The van der Waals surface area contributed by atoms with Gasteiger partial charge in [0, 0.05) is 0 Å². The zero-order valence-electron chi connectivity index (χ0n) is 11.7. The second-order valence-electron chi connectivity index (χ2n) is 5.03. The van der Waals surface area contributed by atoms with E-state index in [0.717, 1.165) is 0 Å². The Morgan fingerprint density at radius 2 is 0.667 bits per heavy atom. The van der Waals surface area contributed by atoms with Gasteiger partial charge in [0.1, 0.15) is 0 Å². The largest absolute Gasteiger partial charge is 0.0845 e. The van der Waals surface area contributed by atoms with E-state index in [1.807, 2.05) is 0 Å². The minimum absolute atomic E-state index is 1.23. The summed E-state index contributed by atoms with van der Waals surface area (Å²) in [7, 11) is 0. The Morgan fingerprint density at radius 1 is 0.333 bits per heavy atom. The van der Waals surface area contributed by atoms with Gasteiger partial charge in [-0.25, -0.2) is 0 Å². The maximum absolute atomic E-state index is 2.28. The lowest BCUT2D eigenvalue weighted by molar-refractivity contribution is 0.571. The van der Waals surface area contributed by atoms with Crippen LogP contribution >= 0.6 is 0 Å². The van der Waals surface area contributed by atoms with Gasteiger partial charge in [-0.15, -0.1) is 0 Å². The average Bonchev–Trinajstić information content (AvgIpc) is 2.39. The van der Waals surface area contributed by atoms with Crippen LogP contribution in [0.25, 0.3) is 0 Å². The van der Waals surface area contributed by atoms with E-state index in [1.165, 1.54) is 64.2 Å². The Labute approximate surface area is 113 Å². The van der Waals surface area contributed by atoms with Crippen LogP contribution in [0, 0.1) is 0 Å². The van der Waals surface area contributed by atoms with Crippen molar-refractivity contribution in [3.8, 4) is 0 Å².